The van der Waals surface area contributed by atoms with Crippen LogP contribution in [0.4, 0.5) is 0 Å². The van der Waals surface area contributed by atoms with E-state index in [0.29, 0.717) is 11.3 Å². The zero-order valence-corrected chi connectivity index (χ0v) is 14.4. The van der Waals surface area contributed by atoms with Gasteiger partial charge in [-0.15, -0.1) is 0 Å². The number of fused-ring (bicyclic) bond motifs is 3. The van der Waals surface area contributed by atoms with E-state index in [1.807, 2.05) is 36.4 Å². The van der Waals surface area contributed by atoms with Gasteiger partial charge in [0.25, 0.3) is 0 Å². The van der Waals surface area contributed by atoms with E-state index < -0.39 is 5.24 Å². The van der Waals surface area contributed by atoms with Crippen LogP contribution in [0.5, 0.6) is 5.75 Å². The summed E-state index contributed by atoms with van der Waals surface area (Å²) in [7, 11) is 1.54. The van der Waals surface area contributed by atoms with E-state index in [-0.39, 0.29) is 13.2 Å². The molecule has 0 aromatic heterocycles. The minimum atomic E-state index is -0.553. The molecule has 0 heterocycles. The zero-order valence-electron chi connectivity index (χ0n) is 13.6. The lowest BCUT2D eigenvalue weighted by Gasteiger charge is -2.13. The summed E-state index contributed by atoms with van der Waals surface area (Å²) in [5.41, 5.74) is 2.28. The normalized spacial score (nSPS) is 11.5. The molecule has 3 aromatic rings. The molecule has 0 atom stereocenters. The van der Waals surface area contributed by atoms with Gasteiger partial charge in [0.1, 0.15) is 5.75 Å². The van der Waals surface area contributed by atoms with Crippen LogP contribution in [-0.4, -0.2) is 22.6 Å². The largest absolute Gasteiger partial charge is 0.496 e. The van der Waals surface area contributed by atoms with E-state index in [1.165, 1.54) is 6.08 Å². The summed E-state index contributed by atoms with van der Waals surface area (Å²) in [5.74, 6) is 0.569. The monoisotopic (exact) mass is 356 g/mol. The molecule has 5 heteroatoms. The fourth-order valence-electron chi connectivity index (χ4n) is 3.00. The maximum absolute atomic E-state index is 11.1. The zero-order chi connectivity index (χ0) is 18.0. The van der Waals surface area contributed by atoms with Gasteiger partial charge in [0.2, 0.25) is 5.24 Å². The lowest BCUT2D eigenvalue weighted by Crippen LogP contribution is -1.94. The van der Waals surface area contributed by atoms with Crippen molar-refractivity contribution in [3.63, 3.8) is 0 Å². The number of halogens is 1. The van der Waals surface area contributed by atoms with Crippen molar-refractivity contribution in [1.82, 2.24) is 0 Å². The first kappa shape index (κ1) is 17.4. The minimum absolute atomic E-state index is 0.0527. The molecule has 25 heavy (non-hydrogen) atoms. The lowest BCUT2D eigenvalue weighted by molar-refractivity contribution is -0.107. The van der Waals surface area contributed by atoms with Crippen LogP contribution in [0.3, 0.4) is 0 Å². The number of carbonyl (C=O) groups excluding carboxylic acids is 1. The number of benzene rings is 3. The second kappa shape index (κ2) is 7.23. The number of hydrogen-bond donors (Lipinski definition) is 2. The van der Waals surface area contributed by atoms with Crippen molar-refractivity contribution in [2.24, 2.45) is 0 Å². The molecule has 0 aliphatic carbocycles. The van der Waals surface area contributed by atoms with Crippen LogP contribution in [0.2, 0.25) is 0 Å². The molecule has 0 aliphatic rings. The Morgan fingerprint density at radius 2 is 1.88 bits per heavy atom. The molecular formula is C20H17ClO4. The number of allylic oxidation sites excluding steroid dienone is 1. The van der Waals surface area contributed by atoms with Gasteiger partial charge in [-0.2, -0.15) is 0 Å². The van der Waals surface area contributed by atoms with Gasteiger partial charge in [-0.05, 0) is 80.7 Å². The first-order chi connectivity index (χ1) is 12.1. The van der Waals surface area contributed by atoms with Gasteiger partial charge in [-0.1, -0.05) is 12.1 Å². The number of ether oxygens (including phenoxy) is 1. The number of methoxy groups -OCH3 is 1. The molecule has 0 radical (unpaired) electrons. The van der Waals surface area contributed by atoms with E-state index in [4.69, 9.17) is 16.3 Å². The maximum Gasteiger partial charge on any atom is 0.245 e. The Kier molecular flexibility index (Phi) is 5.04. The van der Waals surface area contributed by atoms with Gasteiger partial charge in [-0.3, -0.25) is 4.79 Å². The third-order valence-electron chi connectivity index (χ3n) is 4.20. The Morgan fingerprint density at radius 1 is 1.08 bits per heavy atom. The molecule has 3 aromatic carbocycles. The first-order valence-corrected chi connectivity index (χ1v) is 8.10. The molecule has 0 unspecified atom stereocenters. The SMILES string of the molecule is COc1cc2c(C=CC(=O)Cl)cc3ccc(CO)cc3c2cc1CO. The number of hydrogen-bond acceptors (Lipinski definition) is 4. The average molecular weight is 357 g/mol. The van der Waals surface area contributed by atoms with Crippen molar-refractivity contribution in [2.45, 2.75) is 13.2 Å². The van der Waals surface area contributed by atoms with Crippen LogP contribution in [0.1, 0.15) is 16.7 Å². The van der Waals surface area contributed by atoms with E-state index >= 15 is 0 Å². The van der Waals surface area contributed by atoms with Crippen molar-refractivity contribution in [1.29, 1.82) is 0 Å². The molecule has 2 N–H and O–H groups in total. The van der Waals surface area contributed by atoms with Gasteiger partial charge >= 0.3 is 0 Å². The smallest absolute Gasteiger partial charge is 0.245 e. The Morgan fingerprint density at radius 3 is 2.52 bits per heavy atom. The van der Waals surface area contributed by atoms with E-state index in [1.54, 1.807) is 13.2 Å². The van der Waals surface area contributed by atoms with Gasteiger partial charge in [0, 0.05) is 5.56 Å². The van der Waals surface area contributed by atoms with Crippen LogP contribution in [0.15, 0.2) is 42.5 Å². The van der Waals surface area contributed by atoms with Crippen LogP contribution >= 0.6 is 11.6 Å². The molecule has 0 spiro atoms. The molecule has 4 nitrogen and oxygen atoms in total. The molecule has 3 rings (SSSR count). The van der Waals surface area contributed by atoms with E-state index in [9.17, 15) is 15.0 Å². The van der Waals surface area contributed by atoms with Crippen LogP contribution in [0.25, 0.3) is 27.6 Å². The number of carbonyl (C=O) groups is 1. The summed E-state index contributed by atoms with van der Waals surface area (Å²) in [6, 6.07) is 11.4. The first-order valence-electron chi connectivity index (χ1n) is 7.73. The predicted octanol–water partition coefficient (Wildman–Crippen LogP) is 3.76. The fraction of sp³-hybridized carbons (Fsp3) is 0.150. The van der Waals surface area contributed by atoms with Crippen LogP contribution < -0.4 is 4.74 Å². The average Bonchev–Trinajstić information content (AvgIpc) is 2.64. The summed E-state index contributed by atoms with van der Waals surface area (Å²) < 4.78 is 5.36. The van der Waals surface area contributed by atoms with Crippen molar-refractivity contribution in [3.05, 3.63) is 59.2 Å². The predicted molar refractivity (Wildman–Crippen MR) is 99.7 cm³/mol. The Balaban J connectivity index is 2.43. The van der Waals surface area contributed by atoms with E-state index in [0.717, 1.165) is 32.7 Å². The highest BCUT2D eigenvalue weighted by atomic mass is 35.5. The summed E-state index contributed by atoms with van der Waals surface area (Å²) in [4.78, 5) is 11.1. The third-order valence-corrected chi connectivity index (χ3v) is 4.32. The molecule has 0 amide bonds. The van der Waals surface area contributed by atoms with Crippen molar-refractivity contribution < 1.29 is 19.7 Å². The summed E-state index contributed by atoms with van der Waals surface area (Å²) >= 11 is 5.43. The molecule has 128 valence electrons. The standard InChI is InChI=1S/C20H17ClO4/c1-25-19-9-17-14(4-5-20(21)24)7-13-3-2-12(10-22)6-16(13)18(17)8-15(19)11-23/h2-9,22-23H,10-11H2,1H3. The van der Waals surface area contributed by atoms with Crippen molar-refractivity contribution in [3.8, 4) is 5.75 Å². The number of aliphatic hydroxyl groups excluding tert-OH is 2. The van der Waals surface area contributed by atoms with Crippen LogP contribution in [-0.2, 0) is 18.0 Å². The maximum atomic E-state index is 11.1. The Labute approximate surface area is 149 Å². The molecule has 0 aliphatic heterocycles. The van der Waals surface area contributed by atoms with Crippen LogP contribution in [0, 0.1) is 0 Å². The second-order valence-electron chi connectivity index (χ2n) is 5.68. The lowest BCUT2D eigenvalue weighted by atomic mass is 9.94. The van der Waals surface area contributed by atoms with Gasteiger partial charge < -0.3 is 14.9 Å². The van der Waals surface area contributed by atoms with E-state index in [2.05, 4.69) is 0 Å². The Bertz CT molecular complexity index is 992. The topological polar surface area (TPSA) is 66.8 Å². The molecule has 0 saturated carbocycles. The van der Waals surface area contributed by atoms with Gasteiger partial charge in [0.05, 0.1) is 20.3 Å². The Hall–Kier alpha value is -2.40. The summed E-state index contributed by atoms with van der Waals surface area (Å²) in [6.45, 7) is -0.205. The molecule has 0 fully saturated rings. The van der Waals surface area contributed by atoms with Crippen molar-refractivity contribution in [2.75, 3.05) is 7.11 Å². The minimum Gasteiger partial charge on any atom is -0.496 e. The number of rotatable bonds is 5. The molecule has 0 saturated heterocycles. The fourth-order valence-corrected chi connectivity index (χ4v) is 3.06. The van der Waals surface area contributed by atoms with Crippen molar-refractivity contribution >= 4 is 44.5 Å². The molecule has 0 bridgehead atoms. The number of aliphatic hydroxyl groups is 2. The quantitative estimate of drug-likeness (QED) is 0.415. The molecular weight excluding hydrogens is 340 g/mol. The summed E-state index contributed by atoms with van der Waals surface area (Å²) in [6.07, 6.45) is 2.96. The van der Waals surface area contributed by atoms with Gasteiger partial charge in [-0.25, -0.2) is 0 Å². The third kappa shape index (κ3) is 3.37. The van der Waals surface area contributed by atoms with Gasteiger partial charge in [0.15, 0.2) is 0 Å². The highest BCUT2D eigenvalue weighted by Gasteiger charge is 2.11. The second-order valence-corrected chi connectivity index (χ2v) is 6.06. The highest BCUT2D eigenvalue weighted by molar-refractivity contribution is 6.66. The summed E-state index contributed by atoms with van der Waals surface area (Å²) in [5, 5.41) is 22.2. The highest BCUT2D eigenvalue weighted by Crippen LogP contribution is 2.35.